The molecule has 3 N–H and O–H groups in total. The van der Waals surface area contributed by atoms with Crippen LogP contribution in [0.5, 0.6) is 5.75 Å². The highest BCUT2D eigenvalue weighted by molar-refractivity contribution is 5.97. The number of benzene rings is 1. The van der Waals surface area contributed by atoms with Crippen molar-refractivity contribution in [3.8, 4) is 5.75 Å². The van der Waals surface area contributed by atoms with E-state index in [1.54, 1.807) is 12.4 Å². The van der Waals surface area contributed by atoms with Crippen LogP contribution in [0.2, 0.25) is 0 Å². The van der Waals surface area contributed by atoms with E-state index in [-0.39, 0.29) is 24.0 Å². The second-order valence-corrected chi connectivity index (χ2v) is 9.52. The summed E-state index contributed by atoms with van der Waals surface area (Å²) in [6.07, 6.45) is 8.22. The molecule has 1 amide bonds. The Bertz CT molecular complexity index is 1260. The first-order chi connectivity index (χ1) is 16.7. The van der Waals surface area contributed by atoms with Crippen LogP contribution in [0.15, 0.2) is 48.5 Å². The fourth-order valence-corrected chi connectivity index (χ4v) is 3.82. The molecule has 1 unspecified atom stereocenters. The maximum absolute atomic E-state index is 12.3. The molecule has 1 atom stereocenters. The fourth-order valence-electron chi connectivity index (χ4n) is 3.82. The van der Waals surface area contributed by atoms with Crippen LogP contribution >= 0.6 is 0 Å². The number of ether oxygens (including phenoxy) is 2. The summed E-state index contributed by atoms with van der Waals surface area (Å²) in [4.78, 5) is 21.9. The molecule has 9 nitrogen and oxygen atoms in total. The van der Waals surface area contributed by atoms with E-state index in [9.17, 15) is 4.79 Å². The average Bonchev–Trinajstić information content (AvgIpc) is 3.30. The summed E-state index contributed by atoms with van der Waals surface area (Å²) in [5, 5.41) is 13.9. The van der Waals surface area contributed by atoms with Gasteiger partial charge in [0.2, 0.25) is 0 Å². The molecule has 184 valence electrons. The number of rotatable bonds is 8. The van der Waals surface area contributed by atoms with Gasteiger partial charge in [-0.25, -0.2) is 9.97 Å². The summed E-state index contributed by atoms with van der Waals surface area (Å²) in [7, 11) is 0. The molecule has 0 spiro atoms. The second-order valence-electron chi connectivity index (χ2n) is 9.52. The Morgan fingerprint density at radius 2 is 2.06 bits per heavy atom. The van der Waals surface area contributed by atoms with E-state index in [1.807, 2.05) is 52.0 Å². The molecule has 0 fully saturated rings. The van der Waals surface area contributed by atoms with Crippen molar-refractivity contribution in [2.24, 2.45) is 5.92 Å². The third-order valence-corrected chi connectivity index (χ3v) is 5.36. The number of nitrogens with one attached hydrogen (secondary N) is 3. The maximum atomic E-state index is 12.3. The van der Waals surface area contributed by atoms with Gasteiger partial charge in [0.1, 0.15) is 17.3 Å². The van der Waals surface area contributed by atoms with E-state index >= 15 is 0 Å². The SMILES string of the molecule is CCOc1cccc2nc(C3=CCC(C)C(OCC(=O)NC(C)(C)C)=C3)nc(Nc3cn[nH]c3)c12. The first-order valence-corrected chi connectivity index (χ1v) is 11.8. The number of carbonyl (C=O) groups is 1. The van der Waals surface area contributed by atoms with Gasteiger partial charge in [-0.05, 0) is 52.3 Å². The Labute approximate surface area is 205 Å². The van der Waals surface area contributed by atoms with Gasteiger partial charge in [0.25, 0.3) is 5.91 Å². The first kappa shape index (κ1) is 24.3. The number of amides is 1. The molecule has 1 aliphatic carbocycles. The lowest BCUT2D eigenvalue weighted by Crippen LogP contribution is -2.42. The molecule has 0 bridgehead atoms. The molecule has 2 heterocycles. The van der Waals surface area contributed by atoms with Crippen molar-refractivity contribution in [2.45, 2.75) is 46.6 Å². The second kappa shape index (κ2) is 10.2. The first-order valence-electron chi connectivity index (χ1n) is 11.8. The van der Waals surface area contributed by atoms with Gasteiger partial charge in [-0.15, -0.1) is 0 Å². The standard InChI is InChI=1S/C26H32N6O3/c1-6-34-20-9-7-8-19-23(20)25(29-18-13-27-28-14-18)31-24(30-19)17-11-10-16(2)21(12-17)35-15-22(33)32-26(3,4)5/h7-9,11-14,16H,6,10,15H2,1-5H3,(H,27,28)(H,32,33)(H,29,30,31). The molecule has 3 aromatic rings. The lowest BCUT2D eigenvalue weighted by Gasteiger charge is -2.23. The van der Waals surface area contributed by atoms with E-state index in [2.05, 4.69) is 33.8 Å². The van der Waals surface area contributed by atoms with E-state index in [1.165, 1.54) is 0 Å². The number of allylic oxidation sites excluding steroid dienone is 4. The summed E-state index contributed by atoms with van der Waals surface area (Å²) in [5.41, 5.74) is 2.06. The highest BCUT2D eigenvalue weighted by Gasteiger charge is 2.21. The van der Waals surface area contributed by atoms with Gasteiger partial charge in [-0.1, -0.05) is 19.1 Å². The van der Waals surface area contributed by atoms with Gasteiger partial charge < -0.3 is 20.1 Å². The normalized spacial score (nSPS) is 15.9. The molecule has 0 saturated heterocycles. The Morgan fingerprint density at radius 3 is 2.77 bits per heavy atom. The summed E-state index contributed by atoms with van der Waals surface area (Å²) in [5.74, 6) is 2.62. The van der Waals surface area contributed by atoms with Crippen molar-refractivity contribution in [3.05, 3.63) is 54.3 Å². The van der Waals surface area contributed by atoms with Gasteiger partial charge in [0.15, 0.2) is 12.4 Å². The molecule has 0 saturated carbocycles. The summed E-state index contributed by atoms with van der Waals surface area (Å²) in [6, 6.07) is 5.76. The highest BCUT2D eigenvalue weighted by Crippen LogP contribution is 2.35. The number of hydrogen-bond donors (Lipinski definition) is 3. The van der Waals surface area contributed by atoms with Crippen LogP contribution < -0.4 is 15.4 Å². The molecule has 0 aliphatic heterocycles. The van der Waals surface area contributed by atoms with Gasteiger partial charge in [-0.3, -0.25) is 9.89 Å². The van der Waals surface area contributed by atoms with Crippen LogP contribution in [0.3, 0.4) is 0 Å². The minimum Gasteiger partial charge on any atom is -0.493 e. The zero-order chi connectivity index (χ0) is 25.0. The van der Waals surface area contributed by atoms with Crippen molar-refractivity contribution < 1.29 is 14.3 Å². The van der Waals surface area contributed by atoms with E-state index in [0.29, 0.717) is 24.0 Å². The third kappa shape index (κ3) is 5.98. The van der Waals surface area contributed by atoms with Crippen LogP contribution in [0.1, 0.15) is 46.9 Å². The average molecular weight is 477 g/mol. The Kier molecular flexibility index (Phi) is 7.04. The van der Waals surface area contributed by atoms with Crippen LogP contribution in [0.4, 0.5) is 11.5 Å². The number of aromatic nitrogens is 4. The van der Waals surface area contributed by atoms with Crippen molar-refractivity contribution in [1.29, 1.82) is 0 Å². The van der Waals surface area contributed by atoms with Gasteiger partial charge in [0.05, 0.1) is 29.4 Å². The molecule has 1 aliphatic rings. The lowest BCUT2D eigenvalue weighted by atomic mass is 9.95. The predicted molar refractivity (Wildman–Crippen MR) is 136 cm³/mol. The van der Waals surface area contributed by atoms with Gasteiger partial charge in [-0.2, -0.15) is 5.10 Å². The lowest BCUT2D eigenvalue weighted by molar-refractivity contribution is -0.126. The van der Waals surface area contributed by atoms with E-state index in [4.69, 9.17) is 19.4 Å². The summed E-state index contributed by atoms with van der Waals surface area (Å²) >= 11 is 0. The van der Waals surface area contributed by atoms with Crippen LogP contribution in [-0.2, 0) is 9.53 Å². The Balaban J connectivity index is 1.67. The minimum atomic E-state index is -0.310. The van der Waals surface area contributed by atoms with E-state index < -0.39 is 0 Å². The highest BCUT2D eigenvalue weighted by atomic mass is 16.5. The number of carbonyl (C=O) groups excluding carboxylic acids is 1. The topological polar surface area (TPSA) is 114 Å². The molecular formula is C26H32N6O3. The monoisotopic (exact) mass is 476 g/mol. The quantitative estimate of drug-likeness (QED) is 0.430. The number of aromatic amines is 1. The number of fused-ring (bicyclic) bond motifs is 1. The summed E-state index contributed by atoms with van der Waals surface area (Å²) in [6.45, 7) is 10.3. The molecule has 35 heavy (non-hydrogen) atoms. The fraction of sp³-hybridized carbons (Fsp3) is 0.385. The zero-order valence-corrected chi connectivity index (χ0v) is 20.8. The zero-order valence-electron chi connectivity index (χ0n) is 20.8. The molecular weight excluding hydrogens is 444 g/mol. The van der Waals surface area contributed by atoms with Gasteiger partial charge in [0, 0.05) is 23.2 Å². The Hall–Kier alpha value is -3.88. The molecule has 4 rings (SSSR count). The van der Waals surface area contributed by atoms with Crippen molar-refractivity contribution >= 4 is 33.9 Å². The third-order valence-electron chi connectivity index (χ3n) is 5.36. The minimum absolute atomic E-state index is 0.0374. The van der Waals surface area contributed by atoms with Crippen LogP contribution in [-0.4, -0.2) is 44.8 Å². The molecule has 1 aromatic carbocycles. The van der Waals surface area contributed by atoms with Crippen LogP contribution in [0.25, 0.3) is 16.5 Å². The molecule has 2 aromatic heterocycles. The van der Waals surface area contributed by atoms with Gasteiger partial charge >= 0.3 is 0 Å². The number of anilines is 2. The van der Waals surface area contributed by atoms with Crippen molar-refractivity contribution in [1.82, 2.24) is 25.5 Å². The molecule has 0 radical (unpaired) electrons. The predicted octanol–water partition coefficient (Wildman–Crippen LogP) is 4.73. The summed E-state index contributed by atoms with van der Waals surface area (Å²) < 4.78 is 11.8. The smallest absolute Gasteiger partial charge is 0.258 e. The maximum Gasteiger partial charge on any atom is 0.258 e. The van der Waals surface area contributed by atoms with E-state index in [0.717, 1.165) is 34.3 Å². The Morgan fingerprint density at radius 1 is 1.23 bits per heavy atom. The number of hydrogen-bond acceptors (Lipinski definition) is 7. The van der Waals surface area contributed by atoms with Crippen LogP contribution in [0, 0.1) is 5.92 Å². The number of H-pyrrole nitrogens is 1. The molecule has 9 heteroatoms. The van der Waals surface area contributed by atoms with Crippen molar-refractivity contribution in [2.75, 3.05) is 18.5 Å². The largest absolute Gasteiger partial charge is 0.493 e. The number of nitrogens with zero attached hydrogens (tertiary/aromatic N) is 3. The van der Waals surface area contributed by atoms with Crippen molar-refractivity contribution in [3.63, 3.8) is 0 Å².